The molecule has 2 aromatic carbocycles. The second-order valence-corrected chi connectivity index (χ2v) is 7.67. The van der Waals surface area contributed by atoms with Crippen molar-refractivity contribution in [2.45, 2.75) is 47.5 Å². The molecule has 1 amide bonds. The summed E-state index contributed by atoms with van der Waals surface area (Å²) in [4.78, 5) is 12.5. The first-order valence-corrected chi connectivity index (χ1v) is 9.97. The molecule has 29 heavy (non-hydrogen) atoms. The zero-order valence-electron chi connectivity index (χ0n) is 17.8. The van der Waals surface area contributed by atoms with Gasteiger partial charge in [-0.15, -0.1) is 0 Å². The van der Waals surface area contributed by atoms with Gasteiger partial charge in [-0.3, -0.25) is 4.79 Å². The fraction of sp³-hybridized carbons (Fsp3) is 0.320. The fourth-order valence-electron chi connectivity index (χ4n) is 3.69. The zero-order valence-corrected chi connectivity index (χ0v) is 17.8. The van der Waals surface area contributed by atoms with Crippen molar-refractivity contribution in [1.82, 2.24) is 0 Å². The van der Waals surface area contributed by atoms with Crippen LogP contribution in [0.15, 0.2) is 40.8 Å². The number of hydrogen-bond acceptors (Lipinski definition) is 3. The van der Waals surface area contributed by atoms with Crippen molar-refractivity contribution in [2.75, 3.05) is 11.9 Å². The Labute approximate surface area is 172 Å². The smallest absolute Gasteiger partial charge is 0.291 e. The Hall–Kier alpha value is -2.85. The Morgan fingerprint density at radius 2 is 1.45 bits per heavy atom. The van der Waals surface area contributed by atoms with E-state index in [1.807, 2.05) is 30.3 Å². The molecule has 0 bridgehead atoms. The molecule has 4 nitrogen and oxygen atoms in total. The predicted molar refractivity (Wildman–Crippen MR) is 117 cm³/mol. The van der Waals surface area contributed by atoms with Crippen LogP contribution in [-0.2, 0) is 12.8 Å². The number of aliphatic hydroxyl groups is 1. The van der Waals surface area contributed by atoms with Crippen molar-refractivity contribution in [2.24, 2.45) is 0 Å². The van der Waals surface area contributed by atoms with Gasteiger partial charge in [0.1, 0.15) is 5.76 Å². The predicted octanol–water partition coefficient (Wildman–Crippen LogP) is 5.20. The molecule has 2 N–H and O–H groups in total. The van der Waals surface area contributed by atoms with Crippen molar-refractivity contribution in [3.05, 3.63) is 86.9 Å². The lowest BCUT2D eigenvalue weighted by molar-refractivity contribution is 0.0995. The Kier molecular flexibility index (Phi) is 6.23. The number of rotatable bonds is 6. The highest BCUT2D eigenvalue weighted by Crippen LogP contribution is 2.28. The summed E-state index contributed by atoms with van der Waals surface area (Å²) >= 11 is 0. The summed E-state index contributed by atoms with van der Waals surface area (Å²) in [6.07, 6.45) is 1.27. The number of aliphatic hydroxyl groups excluding tert-OH is 1. The van der Waals surface area contributed by atoms with Gasteiger partial charge in [-0.2, -0.15) is 0 Å². The molecule has 1 aromatic heterocycles. The molecular formula is C25H29NO3. The van der Waals surface area contributed by atoms with E-state index in [-0.39, 0.29) is 12.5 Å². The van der Waals surface area contributed by atoms with Gasteiger partial charge < -0.3 is 14.8 Å². The van der Waals surface area contributed by atoms with E-state index < -0.39 is 0 Å². The lowest BCUT2D eigenvalue weighted by atomic mass is 9.88. The van der Waals surface area contributed by atoms with Crippen LogP contribution >= 0.6 is 0 Å². The zero-order chi connectivity index (χ0) is 21.1. The number of nitrogens with one attached hydrogen (secondary N) is 1. The van der Waals surface area contributed by atoms with Crippen molar-refractivity contribution in [3.8, 4) is 0 Å². The average Bonchev–Trinajstić information content (AvgIpc) is 3.19. The largest absolute Gasteiger partial charge is 0.456 e. The molecule has 152 valence electrons. The number of furan rings is 1. The van der Waals surface area contributed by atoms with Crippen LogP contribution < -0.4 is 5.32 Å². The maximum atomic E-state index is 12.5. The lowest BCUT2D eigenvalue weighted by Gasteiger charge is -2.18. The molecule has 0 saturated carbocycles. The van der Waals surface area contributed by atoms with E-state index in [1.165, 1.54) is 33.4 Å². The molecule has 4 heteroatoms. The van der Waals surface area contributed by atoms with Gasteiger partial charge in [0.25, 0.3) is 5.91 Å². The van der Waals surface area contributed by atoms with E-state index in [0.717, 1.165) is 11.3 Å². The molecule has 0 fully saturated rings. The second-order valence-electron chi connectivity index (χ2n) is 7.67. The third-order valence-electron chi connectivity index (χ3n) is 6.00. The van der Waals surface area contributed by atoms with Crippen LogP contribution in [0.2, 0.25) is 0 Å². The van der Waals surface area contributed by atoms with E-state index in [2.05, 4.69) is 39.9 Å². The minimum Gasteiger partial charge on any atom is -0.456 e. The third-order valence-corrected chi connectivity index (χ3v) is 6.00. The molecular weight excluding hydrogens is 362 g/mol. The highest BCUT2D eigenvalue weighted by Gasteiger charge is 2.16. The minimum absolute atomic E-state index is 0.111. The Morgan fingerprint density at radius 1 is 0.862 bits per heavy atom. The Balaban J connectivity index is 1.75. The van der Waals surface area contributed by atoms with Crippen LogP contribution in [0.5, 0.6) is 0 Å². The highest BCUT2D eigenvalue weighted by atomic mass is 16.3. The normalized spacial score (nSPS) is 11.0. The van der Waals surface area contributed by atoms with Crippen molar-refractivity contribution in [1.29, 1.82) is 0 Å². The molecule has 3 aromatic rings. The number of amides is 1. The van der Waals surface area contributed by atoms with Gasteiger partial charge in [-0.1, -0.05) is 12.1 Å². The molecule has 0 aliphatic carbocycles. The van der Waals surface area contributed by atoms with Crippen LogP contribution in [0.3, 0.4) is 0 Å². The number of carbonyl (C=O) groups is 1. The standard InChI is InChI=1S/C25H29NO3/c1-15-16(2)18(4)23(19(5)17(15)3)14-22-10-11-24(29-22)25(28)26-21-8-6-20(7-9-21)12-13-27/h6-11,27H,12-14H2,1-5H3,(H,26,28). The Bertz CT molecular complexity index is 1000. The van der Waals surface area contributed by atoms with Gasteiger partial charge in [0.15, 0.2) is 5.76 Å². The number of carbonyl (C=O) groups excluding carboxylic acids is 1. The Morgan fingerprint density at radius 3 is 2.03 bits per heavy atom. The first-order chi connectivity index (χ1) is 13.8. The van der Waals surface area contributed by atoms with Gasteiger partial charge in [0.2, 0.25) is 0 Å². The van der Waals surface area contributed by atoms with E-state index in [4.69, 9.17) is 9.52 Å². The number of anilines is 1. The molecule has 1 heterocycles. The number of benzene rings is 2. The van der Waals surface area contributed by atoms with Gasteiger partial charge >= 0.3 is 0 Å². The molecule has 3 rings (SSSR count). The van der Waals surface area contributed by atoms with Crippen molar-refractivity contribution < 1.29 is 14.3 Å². The molecule has 0 unspecified atom stereocenters. The van der Waals surface area contributed by atoms with E-state index in [9.17, 15) is 4.79 Å². The molecule has 0 spiro atoms. The topological polar surface area (TPSA) is 62.5 Å². The van der Waals surface area contributed by atoms with Crippen LogP contribution in [0.1, 0.15) is 55.3 Å². The minimum atomic E-state index is -0.268. The molecule has 0 saturated heterocycles. The second kappa shape index (κ2) is 8.66. The molecule has 0 radical (unpaired) electrons. The van der Waals surface area contributed by atoms with E-state index in [1.54, 1.807) is 6.07 Å². The van der Waals surface area contributed by atoms with Crippen molar-refractivity contribution in [3.63, 3.8) is 0 Å². The van der Waals surface area contributed by atoms with E-state index >= 15 is 0 Å². The summed E-state index contributed by atoms with van der Waals surface area (Å²) in [6, 6.07) is 11.1. The first-order valence-electron chi connectivity index (χ1n) is 9.97. The summed E-state index contributed by atoms with van der Waals surface area (Å²) in [6.45, 7) is 10.9. The van der Waals surface area contributed by atoms with Gasteiger partial charge in [0.05, 0.1) is 0 Å². The fourth-order valence-corrected chi connectivity index (χ4v) is 3.69. The third kappa shape index (κ3) is 4.43. The SMILES string of the molecule is Cc1c(C)c(C)c(Cc2ccc(C(=O)Nc3ccc(CCO)cc3)o2)c(C)c1C. The maximum Gasteiger partial charge on any atom is 0.291 e. The van der Waals surface area contributed by atoms with Gasteiger partial charge in [-0.25, -0.2) is 0 Å². The lowest BCUT2D eigenvalue weighted by Crippen LogP contribution is -2.10. The van der Waals surface area contributed by atoms with Crippen LogP contribution in [-0.4, -0.2) is 17.6 Å². The molecule has 0 atom stereocenters. The van der Waals surface area contributed by atoms with Gasteiger partial charge in [0, 0.05) is 18.7 Å². The summed E-state index contributed by atoms with van der Waals surface area (Å²) in [5.41, 5.74) is 9.55. The summed E-state index contributed by atoms with van der Waals surface area (Å²) in [5.74, 6) is 0.813. The number of hydrogen-bond donors (Lipinski definition) is 2. The first kappa shape index (κ1) is 20.9. The van der Waals surface area contributed by atoms with Crippen LogP contribution in [0.25, 0.3) is 0 Å². The average molecular weight is 392 g/mol. The molecule has 0 aliphatic heterocycles. The summed E-state index contributed by atoms with van der Waals surface area (Å²) in [5, 5.41) is 11.8. The van der Waals surface area contributed by atoms with E-state index in [0.29, 0.717) is 24.3 Å². The highest BCUT2D eigenvalue weighted by molar-refractivity contribution is 6.02. The maximum absolute atomic E-state index is 12.5. The van der Waals surface area contributed by atoms with Gasteiger partial charge in [-0.05, 0) is 104 Å². The van der Waals surface area contributed by atoms with Crippen LogP contribution in [0.4, 0.5) is 5.69 Å². The quantitative estimate of drug-likeness (QED) is 0.607. The summed E-state index contributed by atoms with van der Waals surface area (Å²) in [7, 11) is 0. The molecule has 0 aliphatic rings. The monoisotopic (exact) mass is 391 g/mol. The van der Waals surface area contributed by atoms with Crippen LogP contribution in [0, 0.1) is 34.6 Å². The van der Waals surface area contributed by atoms with Crippen molar-refractivity contribution >= 4 is 11.6 Å². The summed E-state index contributed by atoms with van der Waals surface area (Å²) < 4.78 is 5.86.